The molecule has 0 aromatic heterocycles. The third-order valence-corrected chi connectivity index (χ3v) is 15.8. The number of carbonyl (C=O) groups is 4. The molecule has 0 rings (SSSR count). The maximum Gasteiger partial charge on any atom is 0.472 e. The average Bonchev–Trinajstić information content (AvgIpc) is 3.39. The number of esters is 4. The predicted octanol–water partition coefficient (Wildman–Crippen LogP) is 15.8. The summed E-state index contributed by atoms with van der Waals surface area (Å²) in [6, 6.07) is 0. The van der Waals surface area contributed by atoms with Gasteiger partial charge >= 0.3 is 39.5 Å². The monoisotopic (exact) mass is 1170 g/mol. The molecule has 0 saturated heterocycles. The van der Waals surface area contributed by atoms with Gasteiger partial charge in [-0.1, -0.05) is 229 Å². The van der Waals surface area contributed by atoms with Crippen LogP contribution in [0.15, 0.2) is 0 Å². The normalized spacial score (nSPS) is 14.9. The molecule has 0 aliphatic heterocycles. The van der Waals surface area contributed by atoms with E-state index in [1.165, 1.54) is 70.6 Å². The van der Waals surface area contributed by atoms with Crippen molar-refractivity contribution in [3.8, 4) is 0 Å². The van der Waals surface area contributed by atoms with Crippen molar-refractivity contribution in [3.05, 3.63) is 0 Å². The van der Waals surface area contributed by atoms with E-state index in [1.807, 2.05) is 0 Å². The van der Waals surface area contributed by atoms with E-state index in [9.17, 15) is 43.2 Å². The van der Waals surface area contributed by atoms with Gasteiger partial charge in [-0.05, 0) is 49.4 Å². The quantitative estimate of drug-likeness (QED) is 0.0222. The number of phosphoric ester groups is 2. The molecule has 0 aliphatic carbocycles. The van der Waals surface area contributed by atoms with Gasteiger partial charge in [0.1, 0.15) is 19.3 Å². The van der Waals surface area contributed by atoms with Crippen LogP contribution < -0.4 is 0 Å². The highest BCUT2D eigenvalue weighted by Gasteiger charge is 2.30. The summed E-state index contributed by atoms with van der Waals surface area (Å²) in [5, 5.41) is 10.5. The molecule has 3 unspecified atom stereocenters. The lowest BCUT2D eigenvalue weighted by atomic mass is 10.00. The Kier molecular flexibility index (Phi) is 49.3. The maximum atomic E-state index is 12.9. The van der Waals surface area contributed by atoms with Gasteiger partial charge in [0.2, 0.25) is 0 Å². The Bertz CT molecular complexity index is 1600. The zero-order valence-electron chi connectivity index (χ0n) is 51.0. The smallest absolute Gasteiger partial charge is 0.462 e. The molecule has 3 N–H and O–H groups in total. The summed E-state index contributed by atoms with van der Waals surface area (Å²) in [5.41, 5.74) is 0. The van der Waals surface area contributed by atoms with Crippen molar-refractivity contribution in [1.29, 1.82) is 0 Å². The first-order chi connectivity index (χ1) is 37.6. The Morgan fingerprint density at radius 3 is 0.899 bits per heavy atom. The lowest BCUT2D eigenvalue weighted by molar-refractivity contribution is -0.161. The molecule has 0 fully saturated rings. The van der Waals surface area contributed by atoms with E-state index in [1.54, 1.807) is 0 Å². The van der Waals surface area contributed by atoms with E-state index in [0.717, 1.165) is 109 Å². The van der Waals surface area contributed by atoms with Crippen LogP contribution in [-0.2, 0) is 65.4 Å². The highest BCUT2D eigenvalue weighted by molar-refractivity contribution is 7.47. The van der Waals surface area contributed by atoms with Gasteiger partial charge in [-0.25, -0.2) is 9.13 Å². The zero-order valence-corrected chi connectivity index (χ0v) is 52.8. The number of rotatable bonds is 57. The van der Waals surface area contributed by atoms with Crippen molar-refractivity contribution in [2.45, 2.75) is 298 Å². The summed E-state index contributed by atoms with van der Waals surface area (Å²) in [7, 11) is -9.88. The van der Waals surface area contributed by atoms with E-state index in [-0.39, 0.29) is 25.7 Å². The van der Waals surface area contributed by atoms with Crippen LogP contribution in [0.1, 0.15) is 280 Å². The van der Waals surface area contributed by atoms with Crippen LogP contribution in [-0.4, -0.2) is 96.7 Å². The molecule has 19 heteroatoms. The summed E-state index contributed by atoms with van der Waals surface area (Å²) < 4.78 is 67.7. The molecule has 0 aromatic rings. The summed E-state index contributed by atoms with van der Waals surface area (Å²) in [4.78, 5) is 71.9. The first kappa shape index (κ1) is 77.1. The van der Waals surface area contributed by atoms with Gasteiger partial charge in [0.05, 0.1) is 26.4 Å². The highest BCUT2D eigenvalue weighted by Crippen LogP contribution is 2.45. The number of hydrogen-bond acceptors (Lipinski definition) is 15. The summed E-state index contributed by atoms with van der Waals surface area (Å²) in [5.74, 6) is 0.649. The molecule has 0 aromatic carbocycles. The predicted molar refractivity (Wildman–Crippen MR) is 312 cm³/mol. The first-order valence-electron chi connectivity index (χ1n) is 31.2. The SMILES string of the molecule is CCC(C)CCCCCCCCC(=O)OC[C@H](COP(=O)(O)OC[C@H](O)COP(=O)(O)OC[C@@H](COC(=O)CCCCCCCCCC(C)C)OC(=O)CCCCCCCCCC(C)C)OC(=O)CCCCCCCCC(C)C. The van der Waals surface area contributed by atoms with Crippen LogP contribution in [0, 0.1) is 23.7 Å². The lowest BCUT2D eigenvalue weighted by Gasteiger charge is -2.21. The molecule has 468 valence electrons. The van der Waals surface area contributed by atoms with Crippen LogP contribution in [0.3, 0.4) is 0 Å². The average molecular weight is 1170 g/mol. The second kappa shape index (κ2) is 50.6. The fourth-order valence-corrected chi connectivity index (χ4v) is 10.3. The van der Waals surface area contributed by atoms with Gasteiger partial charge in [0.25, 0.3) is 0 Å². The molecule has 0 radical (unpaired) electrons. The number of unbranched alkanes of at least 4 members (excludes halogenated alkanes) is 22. The van der Waals surface area contributed by atoms with Crippen molar-refractivity contribution in [2.24, 2.45) is 23.7 Å². The van der Waals surface area contributed by atoms with E-state index in [2.05, 4.69) is 55.4 Å². The van der Waals surface area contributed by atoms with Crippen LogP contribution >= 0.6 is 15.6 Å². The third-order valence-electron chi connectivity index (χ3n) is 13.9. The molecule has 0 spiro atoms. The molecule has 17 nitrogen and oxygen atoms in total. The van der Waals surface area contributed by atoms with Gasteiger partial charge in [0, 0.05) is 25.7 Å². The van der Waals surface area contributed by atoms with Gasteiger partial charge in [-0.3, -0.25) is 37.3 Å². The van der Waals surface area contributed by atoms with E-state index in [4.69, 9.17) is 37.0 Å². The second-order valence-corrected chi connectivity index (χ2v) is 26.3. The van der Waals surface area contributed by atoms with Crippen molar-refractivity contribution in [2.75, 3.05) is 39.6 Å². The molecule has 79 heavy (non-hydrogen) atoms. The van der Waals surface area contributed by atoms with Gasteiger partial charge < -0.3 is 33.8 Å². The topological polar surface area (TPSA) is 237 Å². The number of aliphatic hydroxyl groups excluding tert-OH is 1. The van der Waals surface area contributed by atoms with Crippen LogP contribution in [0.5, 0.6) is 0 Å². The number of phosphoric acid groups is 2. The van der Waals surface area contributed by atoms with Crippen LogP contribution in [0.2, 0.25) is 0 Å². The van der Waals surface area contributed by atoms with Crippen LogP contribution in [0.4, 0.5) is 0 Å². The van der Waals surface area contributed by atoms with Crippen molar-refractivity contribution in [1.82, 2.24) is 0 Å². The Morgan fingerprint density at radius 2 is 0.608 bits per heavy atom. The molecule has 0 heterocycles. The third kappa shape index (κ3) is 53.8. The van der Waals surface area contributed by atoms with Crippen molar-refractivity contribution in [3.63, 3.8) is 0 Å². The van der Waals surface area contributed by atoms with E-state index >= 15 is 0 Å². The minimum Gasteiger partial charge on any atom is -0.462 e. The Morgan fingerprint density at radius 1 is 0.354 bits per heavy atom. The summed E-state index contributed by atoms with van der Waals surface area (Å²) in [6.45, 7) is 13.8. The Hall–Kier alpha value is -1.94. The molecule has 0 amide bonds. The molecule has 0 saturated carbocycles. The molecular formula is C60H116O17P2. The number of ether oxygens (including phenoxy) is 4. The Balaban J connectivity index is 5.25. The minimum absolute atomic E-state index is 0.100. The largest absolute Gasteiger partial charge is 0.472 e. The zero-order chi connectivity index (χ0) is 59.0. The Labute approximate surface area is 479 Å². The fourth-order valence-electron chi connectivity index (χ4n) is 8.69. The summed E-state index contributed by atoms with van der Waals surface area (Å²) >= 11 is 0. The first-order valence-corrected chi connectivity index (χ1v) is 34.2. The molecule has 0 bridgehead atoms. The minimum atomic E-state index is -4.94. The second-order valence-electron chi connectivity index (χ2n) is 23.4. The van der Waals surface area contributed by atoms with Crippen molar-refractivity contribution >= 4 is 39.5 Å². The molecular weight excluding hydrogens is 1050 g/mol. The van der Waals surface area contributed by atoms with E-state index < -0.39 is 97.5 Å². The standard InChI is InChI=1S/C60H116O17P2/c1-9-53(8)39-31-23-17-19-25-33-41-58(63)71-47-56(77-60(65)43-35-27-18-16-22-30-38-52(6)7)49-75-79(68,69)73-45-54(61)44-72-78(66,67)74-48-55(76-59(64)42-34-26-15-11-13-21-29-37-51(4)5)46-70-57(62)40-32-24-14-10-12-20-28-36-50(2)3/h50-56,61H,9-49H2,1-8H3,(H,66,67)(H,68,69)/t53?,54-,55-,56-/m1/s1. The molecule has 6 atom stereocenters. The van der Waals surface area contributed by atoms with Gasteiger partial charge in [0.15, 0.2) is 12.2 Å². The molecule has 0 aliphatic rings. The van der Waals surface area contributed by atoms with Gasteiger partial charge in [-0.15, -0.1) is 0 Å². The fraction of sp³-hybridized carbons (Fsp3) is 0.933. The van der Waals surface area contributed by atoms with Gasteiger partial charge in [-0.2, -0.15) is 0 Å². The maximum absolute atomic E-state index is 12.9. The van der Waals surface area contributed by atoms with Crippen LogP contribution in [0.25, 0.3) is 0 Å². The van der Waals surface area contributed by atoms with Crippen molar-refractivity contribution < 1.29 is 80.2 Å². The van der Waals surface area contributed by atoms with E-state index in [0.29, 0.717) is 43.4 Å². The summed E-state index contributed by atoms with van der Waals surface area (Å²) in [6.07, 6.45) is 28.4. The number of carbonyl (C=O) groups excluding carboxylic acids is 4. The number of hydrogen-bond donors (Lipinski definition) is 3. The number of aliphatic hydroxyl groups is 1. The lowest BCUT2D eigenvalue weighted by Crippen LogP contribution is -2.30. The highest BCUT2D eigenvalue weighted by atomic mass is 31.2.